The molecule has 2 N–H and O–H groups in total. The van der Waals surface area contributed by atoms with Crippen LogP contribution >= 0.6 is 11.3 Å². The van der Waals surface area contributed by atoms with E-state index in [-0.39, 0.29) is 11.5 Å². The van der Waals surface area contributed by atoms with Gasteiger partial charge in [-0.25, -0.2) is 4.98 Å². The number of pyridine rings is 1. The first kappa shape index (κ1) is 17.0. The van der Waals surface area contributed by atoms with Crippen LogP contribution in [0, 0.1) is 6.92 Å². The van der Waals surface area contributed by atoms with Crippen LogP contribution in [-0.2, 0) is 6.42 Å². The highest BCUT2D eigenvalue weighted by molar-refractivity contribution is 7.20. The molecule has 4 aromatic heterocycles. The van der Waals surface area contributed by atoms with Gasteiger partial charge in [-0.05, 0) is 24.6 Å². The van der Waals surface area contributed by atoms with Gasteiger partial charge < -0.3 is 14.8 Å². The summed E-state index contributed by atoms with van der Waals surface area (Å²) < 4.78 is 5.19. The average Bonchev–Trinajstić information content (AvgIpc) is 3.28. The van der Waals surface area contributed by atoms with Crippen LogP contribution in [0.3, 0.4) is 0 Å². The number of fused-ring (bicyclic) bond motifs is 1. The Morgan fingerprint density at radius 2 is 2.22 bits per heavy atom. The van der Waals surface area contributed by atoms with E-state index in [1.165, 1.54) is 17.7 Å². The Kier molecular flexibility index (Phi) is 4.47. The van der Waals surface area contributed by atoms with Crippen molar-refractivity contribution < 1.29 is 9.32 Å². The zero-order chi connectivity index (χ0) is 18.8. The zero-order valence-electron chi connectivity index (χ0n) is 14.2. The highest BCUT2D eigenvalue weighted by Gasteiger charge is 2.18. The summed E-state index contributed by atoms with van der Waals surface area (Å²) in [5, 5.41) is 7.14. The van der Waals surface area contributed by atoms with E-state index in [4.69, 9.17) is 4.52 Å². The Labute approximate surface area is 156 Å². The standard InChI is InChI=1S/C17H14N6O3S/c1-9-12-15(24)20-8-21-17(12)27-13(9)16(25)19-7-5-11-22-14(23-26-11)10-4-2-3-6-18-10/h2-4,6,8H,5,7H2,1H3,(H,19,25)(H,20,21,24). The Morgan fingerprint density at radius 3 is 3.00 bits per heavy atom. The van der Waals surface area contributed by atoms with Crippen LogP contribution in [-0.4, -0.2) is 37.5 Å². The smallest absolute Gasteiger partial charge is 0.261 e. The summed E-state index contributed by atoms with van der Waals surface area (Å²) in [5.74, 6) is 0.545. The quantitative estimate of drug-likeness (QED) is 0.538. The van der Waals surface area contributed by atoms with Gasteiger partial charge in [-0.3, -0.25) is 14.6 Å². The zero-order valence-corrected chi connectivity index (χ0v) is 15.0. The number of aromatic amines is 1. The second kappa shape index (κ2) is 7.08. The number of rotatable bonds is 5. The molecule has 0 unspecified atom stereocenters. The minimum atomic E-state index is -0.264. The minimum absolute atomic E-state index is 0.249. The van der Waals surface area contributed by atoms with E-state index in [1.54, 1.807) is 25.3 Å². The fourth-order valence-electron chi connectivity index (χ4n) is 2.61. The monoisotopic (exact) mass is 382 g/mol. The minimum Gasteiger partial charge on any atom is -0.351 e. The molecule has 0 aliphatic heterocycles. The van der Waals surface area contributed by atoms with Gasteiger partial charge in [-0.15, -0.1) is 11.3 Å². The normalized spacial score (nSPS) is 11.0. The van der Waals surface area contributed by atoms with Gasteiger partial charge >= 0.3 is 0 Å². The molecule has 4 aromatic rings. The average molecular weight is 382 g/mol. The molecule has 1 amide bonds. The van der Waals surface area contributed by atoms with E-state index < -0.39 is 0 Å². The molecule has 0 radical (unpaired) electrons. The van der Waals surface area contributed by atoms with Gasteiger partial charge in [0.05, 0.1) is 16.6 Å². The van der Waals surface area contributed by atoms with Crippen LogP contribution in [0.1, 0.15) is 21.1 Å². The van der Waals surface area contributed by atoms with Crippen molar-refractivity contribution in [3.8, 4) is 11.5 Å². The van der Waals surface area contributed by atoms with Gasteiger partial charge in [0.25, 0.3) is 11.5 Å². The SMILES string of the molecule is Cc1c(C(=O)NCCc2nc(-c3ccccn3)no2)sc2nc[nH]c(=O)c12. The number of aryl methyl sites for hydroxylation is 1. The van der Waals surface area contributed by atoms with Crippen molar-refractivity contribution in [2.24, 2.45) is 0 Å². The lowest BCUT2D eigenvalue weighted by molar-refractivity contribution is 0.0957. The summed E-state index contributed by atoms with van der Waals surface area (Å²) in [7, 11) is 0. The molecule has 0 saturated heterocycles. The maximum absolute atomic E-state index is 12.4. The molecule has 4 heterocycles. The molecule has 0 saturated carbocycles. The number of thiophene rings is 1. The Hall–Kier alpha value is -3.40. The molecule has 0 spiro atoms. The number of hydrogen-bond donors (Lipinski definition) is 2. The molecular formula is C17H14N6O3S. The molecule has 0 bridgehead atoms. The number of hydrogen-bond acceptors (Lipinski definition) is 8. The number of H-pyrrole nitrogens is 1. The molecule has 9 nitrogen and oxygen atoms in total. The van der Waals surface area contributed by atoms with E-state index in [0.717, 1.165) is 0 Å². The van der Waals surface area contributed by atoms with Gasteiger partial charge in [0.15, 0.2) is 0 Å². The van der Waals surface area contributed by atoms with E-state index in [9.17, 15) is 9.59 Å². The molecule has 4 rings (SSSR count). The van der Waals surface area contributed by atoms with Gasteiger partial charge in [-0.1, -0.05) is 11.2 Å². The van der Waals surface area contributed by atoms with Gasteiger partial charge in [-0.2, -0.15) is 4.98 Å². The number of carbonyl (C=O) groups is 1. The van der Waals surface area contributed by atoms with Crippen LogP contribution in [0.4, 0.5) is 0 Å². The predicted octanol–water partition coefficient (Wildman–Crippen LogP) is 1.71. The van der Waals surface area contributed by atoms with Crippen LogP contribution in [0.15, 0.2) is 40.0 Å². The number of nitrogens with one attached hydrogen (secondary N) is 2. The number of carbonyl (C=O) groups excluding carboxylic acids is 1. The highest BCUT2D eigenvalue weighted by atomic mass is 32.1. The summed E-state index contributed by atoms with van der Waals surface area (Å²) in [5.41, 5.74) is 0.993. The van der Waals surface area contributed by atoms with Gasteiger partial charge in [0, 0.05) is 19.2 Å². The van der Waals surface area contributed by atoms with Crippen molar-refractivity contribution in [2.75, 3.05) is 6.54 Å². The molecule has 0 aliphatic rings. The third-order valence-corrected chi connectivity index (χ3v) is 5.12. The molecule has 136 valence electrons. The first-order valence-electron chi connectivity index (χ1n) is 8.12. The Balaban J connectivity index is 1.42. The van der Waals surface area contributed by atoms with Crippen LogP contribution in [0.5, 0.6) is 0 Å². The molecule has 0 aromatic carbocycles. The van der Waals surface area contributed by atoms with E-state index in [0.29, 0.717) is 51.0 Å². The predicted molar refractivity (Wildman–Crippen MR) is 98.5 cm³/mol. The molecule has 0 fully saturated rings. The van der Waals surface area contributed by atoms with Crippen molar-refractivity contribution in [3.05, 3.63) is 57.4 Å². The molecular weight excluding hydrogens is 368 g/mol. The summed E-state index contributed by atoms with van der Waals surface area (Å²) >= 11 is 1.19. The van der Waals surface area contributed by atoms with Crippen molar-refractivity contribution >= 4 is 27.5 Å². The van der Waals surface area contributed by atoms with Gasteiger partial charge in [0.2, 0.25) is 11.7 Å². The first-order chi connectivity index (χ1) is 13.1. The fraction of sp³-hybridized carbons (Fsp3) is 0.176. The summed E-state index contributed by atoms with van der Waals surface area (Å²) in [4.78, 5) is 40.4. The number of nitrogens with zero attached hydrogens (tertiary/aromatic N) is 4. The summed E-state index contributed by atoms with van der Waals surface area (Å²) in [6, 6.07) is 5.43. The van der Waals surface area contributed by atoms with E-state index >= 15 is 0 Å². The molecule has 0 atom stereocenters. The maximum Gasteiger partial charge on any atom is 0.261 e. The topological polar surface area (TPSA) is 127 Å². The lowest BCUT2D eigenvalue weighted by Crippen LogP contribution is -2.25. The van der Waals surface area contributed by atoms with Crippen LogP contribution in [0.25, 0.3) is 21.7 Å². The van der Waals surface area contributed by atoms with E-state index in [2.05, 4.69) is 30.4 Å². The van der Waals surface area contributed by atoms with Crippen LogP contribution in [0.2, 0.25) is 0 Å². The first-order valence-corrected chi connectivity index (χ1v) is 8.94. The highest BCUT2D eigenvalue weighted by Crippen LogP contribution is 2.26. The van der Waals surface area contributed by atoms with E-state index in [1.807, 2.05) is 6.07 Å². The van der Waals surface area contributed by atoms with Crippen LogP contribution < -0.4 is 10.9 Å². The van der Waals surface area contributed by atoms with Crippen molar-refractivity contribution in [2.45, 2.75) is 13.3 Å². The largest absolute Gasteiger partial charge is 0.351 e. The lowest BCUT2D eigenvalue weighted by atomic mass is 10.2. The second-order valence-corrected chi connectivity index (χ2v) is 6.70. The third-order valence-electron chi connectivity index (χ3n) is 3.93. The molecule has 0 aliphatic carbocycles. The second-order valence-electron chi connectivity index (χ2n) is 5.70. The Morgan fingerprint density at radius 1 is 1.33 bits per heavy atom. The Bertz CT molecular complexity index is 1160. The van der Waals surface area contributed by atoms with Crippen molar-refractivity contribution in [1.29, 1.82) is 0 Å². The number of aromatic nitrogens is 5. The summed E-state index contributed by atoms with van der Waals surface area (Å²) in [6.45, 7) is 2.06. The third kappa shape index (κ3) is 3.34. The molecule has 10 heteroatoms. The van der Waals surface area contributed by atoms with Gasteiger partial charge in [0.1, 0.15) is 10.5 Å². The summed E-state index contributed by atoms with van der Waals surface area (Å²) in [6.07, 6.45) is 3.37. The van der Waals surface area contributed by atoms with Crippen molar-refractivity contribution in [1.82, 2.24) is 30.4 Å². The number of amides is 1. The lowest BCUT2D eigenvalue weighted by Gasteiger charge is -2.02. The molecule has 27 heavy (non-hydrogen) atoms. The van der Waals surface area contributed by atoms with Crippen molar-refractivity contribution in [3.63, 3.8) is 0 Å². The maximum atomic E-state index is 12.4. The fourth-order valence-corrected chi connectivity index (χ4v) is 3.68.